The first-order valence-electron chi connectivity index (χ1n) is 4.88. The molecule has 78 valence electrons. The van der Waals surface area contributed by atoms with Crippen LogP contribution >= 0.6 is 0 Å². The predicted octanol–water partition coefficient (Wildman–Crippen LogP) is 3.40. The van der Waals surface area contributed by atoms with E-state index in [0.717, 1.165) is 18.4 Å². The molecule has 0 spiro atoms. The summed E-state index contributed by atoms with van der Waals surface area (Å²) < 4.78 is 0. The SMILES string of the molecule is CCCc1ccc(C(=O)N=[N+]=[N-])c(C)c1. The average molecular weight is 203 g/mol. The second kappa shape index (κ2) is 5.17. The second-order valence-electron chi connectivity index (χ2n) is 3.39. The molecule has 1 aromatic rings. The third-order valence-corrected chi connectivity index (χ3v) is 2.20. The Hall–Kier alpha value is -1.80. The van der Waals surface area contributed by atoms with Gasteiger partial charge < -0.3 is 0 Å². The summed E-state index contributed by atoms with van der Waals surface area (Å²) in [6, 6.07) is 5.58. The van der Waals surface area contributed by atoms with Crippen LogP contribution in [-0.2, 0) is 6.42 Å². The van der Waals surface area contributed by atoms with Crippen LogP contribution in [0.25, 0.3) is 10.4 Å². The van der Waals surface area contributed by atoms with Crippen LogP contribution in [0.2, 0.25) is 0 Å². The Balaban J connectivity index is 3.02. The molecule has 0 bridgehead atoms. The molecule has 0 aliphatic rings. The highest BCUT2D eigenvalue weighted by molar-refractivity contribution is 5.96. The predicted molar refractivity (Wildman–Crippen MR) is 58.7 cm³/mol. The minimum atomic E-state index is -0.516. The standard InChI is InChI=1S/C11H13N3O/c1-3-4-9-5-6-10(8(2)7-9)11(15)13-14-12/h5-7H,3-4H2,1-2H3. The van der Waals surface area contributed by atoms with E-state index in [9.17, 15) is 4.79 Å². The van der Waals surface area contributed by atoms with Gasteiger partial charge in [-0.3, -0.25) is 4.79 Å². The molecule has 0 N–H and O–H groups in total. The quantitative estimate of drug-likeness (QED) is 0.421. The monoisotopic (exact) mass is 203 g/mol. The molecular formula is C11H13N3O. The number of rotatable bonds is 3. The molecule has 4 heteroatoms. The van der Waals surface area contributed by atoms with E-state index < -0.39 is 5.91 Å². The van der Waals surface area contributed by atoms with Crippen LogP contribution in [0.15, 0.2) is 23.3 Å². The summed E-state index contributed by atoms with van der Waals surface area (Å²) in [4.78, 5) is 13.8. The lowest BCUT2D eigenvalue weighted by atomic mass is 10.0. The molecule has 0 aliphatic heterocycles. The summed E-state index contributed by atoms with van der Waals surface area (Å²) in [6.45, 7) is 3.95. The van der Waals surface area contributed by atoms with E-state index in [1.165, 1.54) is 5.56 Å². The average Bonchev–Trinajstić information content (AvgIpc) is 2.18. The van der Waals surface area contributed by atoms with Gasteiger partial charge in [0.05, 0.1) is 0 Å². The fourth-order valence-electron chi connectivity index (χ4n) is 1.50. The number of azide groups is 1. The molecule has 0 saturated heterocycles. The van der Waals surface area contributed by atoms with Gasteiger partial charge >= 0.3 is 0 Å². The molecule has 0 heterocycles. The molecule has 4 nitrogen and oxygen atoms in total. The number of hydrogen-bond acceptors (Lipinski definition) is 1. The molecular weight excluding hydrogens is 190 g/mol. The molecule has 0 aliphatic carbocycles. The lowest BCUT2D eigenvalue weighted by Gasteiger charge is -2.04. The highest BCUT2D eigenvalue weighted by Crippen LogP contribution is 2.13. The van der Waals surface area contributed by atoms with Crippen LogP contribution in [0.1, 0.15) is 34.8 Å². The van der Waals surface area contributed by atoms with E-state index in [1.807, 2.05) is 19.1 Å². The van der Waals surface area contributed by atoms with Gasteiger partial charge in [0, 0.05) is 10.5 Å². The maximum absolute atomic E-state index is 11.3. The highest BCUT2D eigenvalue weighted by Gasteiger charge is 2.06. The minimum absolute atomic E-state index is 0.479. The summed E-state index contributed by atoms with van der Waals surface area (Å²) in [6.07, 6.45) is 2.07. The summed E-state index contributed by atoms with van der Waals surface area (Å²) in [7, 11) is 0. The first kappa shape index (κ1) is 11.3. The van der Waals surface area contributed by atoms with Crippen molar-refractivity contribution >= 4 is 5.91 Å². The Labute approximate surface area is 88.6 Å². The largest absolute Gasteiger partial charge is 0.287 e. The Morgan fingerprint density at radius 1 is 1.53 bits per heavy atom. The second-order valence-corrected chi connectivity index (χ2v) is 3.39. The highest BCUT2D eigenvalue weighted by atomic mass is 16.1. The maximum Gasteiger partial charge on any atom is 0.249 e. The van der Waals surface area contributed by atoms with Gasteiger partial charge in [-0.05, 0) is 35.1 Å². The van der Waals surface area contributed by atoms with Crippen molar-refractivity contribution in [3.05, 3.63) is 45.3 Å². The Morgan fingerprint density at radius 3 is 2.80 bits per heavy atom. The Morgan fingerprint density at radius 2 is 2.27 bits per heavy atom. The van der Waals surface area contributed by atoms with Gasteiger partial charge in [0.1, 0.15) is 0 Å². The molecule has 1 amide bonds. The molecule has 0 saturated carbocycles. The summed E-state index contributed by atoms with van der Waals surface area (Å²) >= 11 is 0. The van der Waals surface area contributed by atoms with E-state index in [1.54, 1.807) is 6.07 Å². The first-order chi connectivity index (χ1) is 7.19. The normalized spacial score (nSPS) is 9.47. The summed E-state index contributed by atoms with van der Waals surface area (Å²) in [5.74, 6) is -0.516. The van der Waals surface area contributed by atoms with Crippen molar-refractivity contribution in [3.8, 4) is 0 Å². The van der Waals surface area contributed by atoms with E-state index >= 15 is 0 Å². The van der Waals surface area contributed by atoms with Gasteiger partial charge in [-0.15, -0.1) is 0 Å². The Bertz CT molecular complexity index is 420. The van der Waals surface area contributed by atoms with Crippen LogP contribution < -0.4 is 0 Å². The lowest BCUT2D eigenvalue weighted by Crippen LogP contribution is -1.98. The number of carbonyl (C=O) groups is 1. The molecule has 1 rings (SSSR count). The number of benzene rings is 1. The smallest absolute Gasteiger partial charge is 0.249 e. The van der Waals surface area contributed by atoms with Gasteiger partial charge in [0.2, 0.25) is 5.91 Å². The summed E-state index contributed by atoms with van der Waals surface area (Å²) in [5, 5.41) is 3.07. The molecule has 0 atom stereocenters. The van der Waals surface area contributed by atoms with Crippen LogP contribution in [0, 0.1) is 6.92 Å². The fourth-order valence-corrected chi connectivity index (χ4v) is 1.50. The van der Waals surface area contributed by atoms with Gasteiger partial charge in [-0.1, -0.05) is 31.5 Å². The third-order valence-electron chi connectivity index (χ3n) is 2.20. The Kier molecular flexibility index (Phi) is 3.89. The molecule has 15 heavy (non-hydrogen) atoms. The zero-order valence-electron chi connectivity index (χ0n) is 8.90. The third kappa shape index (κ3) is 2.82. The number of amides is 1. The number of nitrogens with zero attached hydrogens (tertiary/aromatic N) is 3. The molecule has 0 aromatic heterocycles. The lowest BCUT2D eigenvalue weighted by molar-refractivity contribution is 0.1000. The van der Waals surface area contributed by atoms with Crippen molar-refractivity contribution in [2.75, 3.05) is 0 Å². The molecule has 0 radical (unpaired) electrons. The maximum atomic E-state index is 11.3. The van der Waals surface area contributed by atoms with Crippen molar-refractivity contribution in [2.45, 2.75) is 26.7 Å². The zero-order valence-corrected chi connectivity index (χ0v) is 8.90. The van der Waals surface area contributed by atoms with Crippen LogP contribution in [0.3, 0.4) is 0 Å². The molecule has 1 aromatic carbocycles. The fraction of sp³-hybridized carbons (Fsp3) is 0.364. The van der Waals surface area contributed by atoms with Crippen LogP contribution in [0.4, 0.5) is 0 Å². The van der Waals surface area contributed by atoms with Gasteiger partial charge in [-0.25, -0.2) is 0 Å². The van der Waals surface area contributed by atoms with E-state index in [0.29, 0.717) is 5.56 Å². The van der Waals surface area contributed by atoms with Crippen molar-refractivity contribution in [1.29, 1.82) is 0 Å². The van der Waals surface area contributed by atoms with E-state index in [2.05, 4.69) is 16.9 Å². The minimum Gasteiger partial charge on any atom is -0.287 e. The van der Waals surface area contributed by atoms with Crippen LogP contribution in [-0.4, -0.2) is 5.91 Å². The topological polar surface area (TPSA) is 65.8 Å². The zero-order chi connectivity index (χ0) is 11.3. The van der Waals surface area contributed by atoms with Gasteiger partial charge in [0.15, 0.2) is 0 Å². The number of hydrogen-bond donors (Lipinski definition) is 0. The first-order valence-corrected chi connectivity index (χ1v) is 4.88. The van der Waals surface area contributed by atoms with E-state index in [-0.39, 0.29) is 0 Å². The number of aryl methyl sites for hydroxylation is 2. The summed E-state index contributed by atoms with van der Waals surface area (Å²) in [5.41, 5.74) is 10.7. The number of carbonyl (C=O) groups excluding carboxylic acids is 1. The molecule has 0 unspecified atom stereocenters. The van der Waals surface area contributed by atoms with Crippen LogP contribution in [0.5, 0.6) is 0 Å². The molecule has 0 fully saturated rings. The van der Waals surface area contributed by atoms with Crippen molar-refractivity contribution in [1.82, 2.24) is 0 Å². The van der Waals surface area contributed by atoms with Crippen molar-refractivity contribution in [3.63, 3.8) is 0 Å². The van der Waals surface area contributed by atoms with Crippen molar-refractivity contribution < 1.29 is 4.79 Å². The van der Waals surface area contributed by atoms with Gasteiger partial charge in [0.25, 0.3) is 0 Å². The van der Waals surface area contributed by atoms with Crippen molar-refractivity contribution in [2.24, 2.45) is 5.11 Å². The van der Waals surface area contributed by atoms with E-state index in [4.69, 9.17) is 5.53 Å². The van der Waals surface area contributed by atoms with Gasteiger partial charge in [-0.2, -0.15) is 0 Å².